The number of carbonyl (C=O) groups is 2. The van der Waals surface area contributed by atoms with Gasteiger partial charge < -0.3 is 15.1 Å². The lowest BCUT2D eigenvalue weighted by Gasteiger charge is -2.38. The molecule has 0 aromatic rings. The van der Waals surface area contributed by atoms with Crippen LogP contribution in [0.3, 0.4) is 0 Å². The number of β-amino-alcohol motifs (C(OH)–C–C–N with tert-alkyl or cyclic N) is 1. The molecule has 5 heteroatoms. The van der Waals surface area contributed by atoms with E-state index in [9.17, 15) is 14.7 Å². The van der Waals surface area contributed by atoms with E-state index in [2.05, 4.69) is 0 Å². The second kappa shape index (κ2) is 4.64. The topological polar surface area (TPSA) is 77.8 Å². The smallest absolute Gasteiger partial charge is 0.307 e. The molecule has 96 valence electrons. The summed E-state index contributed by atoms with van der Waals surface area (Å²) in [5.41, 5.74) is 0. The fourth-order valence-corrected chi connectivity index (χ4v) is 2.89. The molecule has 3 atom stereocenters. The standard InChI is InChI=1S/C12H19NO4/c1-2-7-3-9(10(4-7)12(16)17)11(15)13-5-8(14)6-13/h7-10,14H,2-6H2,1H3,(H,16,17). The minimum absolute atomic E-state index is 0.0846. The summed E-state index contributed by atoms with van der Waals surface area (Å²) < 4.78 is 0. The van der Waals surface area contributed by atoms with Crippen LogP contribution in [-0.4, -0.2) is 46.2 Å². The molecule has 1 heterocycles. The fraction of sp³-hybridized carbons (Fsp3) is 0.833. The van der Waals surface area contributed by atoms with Crippen molar-refractivity contribution in [3.8, 4) is 0 Å². The van der Waals surface area contributed by atoms with E-state index in [0.29, 0.717) is 31.8 Å². The van der Waals surface area contributed by atoms with Crippen molar-refractivity contribution in [3.05, 3.63) is 0 Å². The zero-order valence-electron chi connectivity index (χ0n) is 10.0. The van der Waals surface area contributed by atoms with Crippen molar-refractivity contribution in [1.82, 2.24) is 4.90 Å². The van der Waals surface area contributed by atoms with Crippen LogP contribution in [0.2, 0.25) is 0 Å². The Hall–Kier alpha value is -1.10. The monoisotopic (exact) mass is 241 g/mol. The molecule has 1 amide bonds. The molecular weight excluding hydrogens is 222 g/mol. The molecule has 2 rings (SSSR count). The van der Waals surface area contributed by atoms with Crippen molar-refractivity contribution in [2.75, 3.05) is 13.1 Å². The van der Waals surface area contributed by atoms with Gasteiger partial charge in [-0.05, 0) is 18.8 Å². The molecule has 1 saturated carbocycles. The summed E-state index contributed by atoms with van der Waals surface area (Å²) in [6, 6.07) is 0. The van der Waals surface area contributed by atoms with Crippen LogP contribution in [0.5, 0.6) is 0 Å². The Kier molecular flexibility index (Phi) is 3.38. The van der Waals surface area contributed by atoms with Gasteiger partial charge in [-0.3, -0.25) is 9.59 Å². The lowest BCUT2D eigenvalue weighted by atomic mass is 9.93. The van der Waals surface area contributed by atoms with E-state index in [1.807, 2.05) is 6.92 Å². The number of aliphatic hydroxyl groups is 1. The Labute approximate surface area is 100 Å². The molecule has 1 aliphatic carbocycles. The van der Waals surface area contributed by atoms with Gasteiger partial charge in [-0.15, -0.1) is 0 Å². The number of rotatable bonds is 3. The first-order valence-electron chi connectivity index (χ1n) is 6.22. The number of carbonyl (C=O) groups excluding carboxylic acids is 1. The van der Waals surface area contributed by atoms with Gasteiger partial charge in [0, 0.05) is 13.1 Å². The summed E-state index contributed by atoms with van der Waals surface area (Å²) in [6.45, 7) is 2.75. The maximum Gasteiger partial charge on any atom is 0.307 e. The number of carboxylic acids is 1. The van der Waals surface area contributed by atoms with Gasteiger partial charge in [0.15, 0.2) is 0 Å². The Bertz CT molecular complexity index is 324. The number of hydrogen-bond donors (Lipinski definition) is 2. The molecule has 1 saturated heterocycles. The molecule has 3 unspecified atom stereocenters. The van der Waals surface area contributed by atoms with Crippen molar-refractivity contribution < 1.29 is 19.8 Å². The molecule has 5 nitrogen and oxygen atoms in total. The van der Waals surface area contributed by atoms with Crippen molar-refractivity contribution in [2.45, 2.75) is 32.3 Å². The SMILES string of the molecule is CCC1CC(C(=O)O)C(C(=O)N2CC(O)C2)C1. The molecule has 2 aliphatic rings. The molecular formula is C12H19NO4. The van der Waals surface area contributed by atoms with Crippen LogP contribution in [0.25, 0.3) is 0 Å². The summed E-state index contributed by atoms with van der Waals surface area (Å²) in [5.74, 6) is -1.52. The second-order valence-electron chi connectivity index (χ2n) is 5.19. The van der Waals surface area contributed by atoms with E-state index in [4.69, 9.17) is 5.11 Å². The number of amides is 1. The number of carboxylic acid groups (broad SMARTS) is 1. The van der Waals surface area contributed by atoms with Crippen LogP contribution in [0, 0.1) is 17.8 Å². The zero-order chi connectivity index (χ0) is 12.6. The highest BCUT2D eigenvalue weighted by molar-refractivity contribution is 5.86. The second-order valence-corrected chi connectivity index (χ2v) is 5.19. The number of nitrogens with zero attached hydrogens (tertiary/aromatic N) is 1. The lowest BCUT2D eigenvalue weighted by molar-refractivity contribution is -0.154. The summed E-state index contributed by atoms with van der Waals surface area (Å²) in [4.78, 5) is 24.8. The summed E-state index contributed by atoms with van der Waals surface area (Å²) in [6.07, 6.45) is 1.79. The van der Waals surface area contributed by atoms with Crippen LogP contribution in [-0.2, 0) is 9.59 Å². The Morgan fingerprint density at radius 2 is 1.82 bits per heavy atom. The quantitative estimate of drug-likeness (QED) is 0.746. The predicted molar refractivity (Wildman–Crippen MR) is 60.2 cm³/mol. The predicted octanol–water partition coefficient (Wildman–Crippen LogP) is 0.326. The molecule has 2 fully saturated rings. The van der Waals surface area contributed by atoms with Crippen molar-refractivity contribution >= 4 is 11.9 Å². The van der Waals surface area contributed by atoms with Gasteiger partial charge in [0.2, 0.25) is 5.91 Å². The number of aliphatic carboxylic acids is 1. The van der Waals surface area contributed by atoms with Crippen LogP contribution < -0.4 is 0 Å². The van der Waals surface area contributed by atoms with Gasteiger partial charge in [0.1, 0.15) is 0 Å². The summed E-state index contributed by atoms with van der Waals surface area (Å²) >= 11 is 0. The Morgan fingerprint density at radius 1 is 1.24 bits per heavy atom. The van der Waals surface area contributed by atoms with E-state index in [-0.39, 0.29) is 11.8 Å². The largest absolute Gasteiger partial charge is 0.481 e. The number of hydrogen-bond acceptors (Lipinski definition) is 3. The molecule has 2 N–H and O–H groups in total. The van der Waals surface area contributed by atoms with Gasteiger partial charge >= 0.3 is 5.97 Å². The first-order valence-corrected chi connectivity index (χ1v) is 6.22. The van der Waals surface area contributed by atoms with Gasteiger partial charge in [0.25, 0.3) is 0 Å². The third-order valence-corrected chi connectivity index (χ3v) is 4.05. The van der Waals surface area contributed by atoms with Crippen molar-refractivity contribution in [2.24, 2.45) is 17.8 Å². The average molecular weight is 241 g/mol. The van der Waals surface area contributed by atoms with Crippen LogP contribution in [0.4, 0.5) is 0 Å². The van der Waals surface area contributed by atoms with Gasteiger partial charge in [-0.2, -0.15) is 0 Å². The average Bonchev–Trinajstić information content (AvgIpc) is 2.68. The number of aliphatic hydroxyl groups excluding tert-OH is 1. The van der Waals surface area contributed by atoms with E-state index in [1.165, 1.54) is 0 Å². The fourth-order valence-electron chi connectivity index (χ4n) is 2.89. The van der Waals surface area contributed by atoms with Crippen LogP contribution in [0.15, 0.2) is 0 Å². The normalized spacial score (nSPS) is 33.5. The maximum atomic E-state index is 12.1. The van der Waals surface area contributed by atoms with Crippen LogP contribution in [0.1, 0.15) is 26.2 Å². The van der Waals surface area contributed by atoms with Gasteiger partial charge in [0.05, 0.1) is 17.9 Å². The molecule has 0 spiro atoms. The maximum absolute atomic E-state index is 12.1. The molecule has 0 aromatic heterocycles. The molecule has 0 bridgehead atoms. The first kappa shape index (κ1) is 12.4. The highest BCUT2D eigenvalue weighted by Gasteiger charge is 2.45. The number of likely N-dealkylation sites (tertiary alicyclic amines) is 1. The third kappa shape index (κ3) is 2.29. The summed E-state index contributed by atoms with van der Waals surface area (Å²) in [7, 11) is 0. The highest BCUT2D eigenvalue weighted by Crippen LogP contribution is 2.39. The first-order chi connectivity index (χ1) is 8.02. The van der Waals surface area contributed by atoms with Gasteiger partial charge in [-0.1, -0.05) is 13.3 Å². The summed E-state index contributed by atoms with van der Waals surface area (Å²) in [5, 5.41) is 18.3. The van der Waals surface area contributed by atoms with Crippen LogP contribution >= 0.6 is 0 Å². The molecule has 0 aromatic carbocycles. The van der Waals surface area contributed by atoms with Gasteiger partial charge in [-0.25, -0.2) is 0 Å². The Balaban J connectivity index is 2.02. The zero-order valence-corrected chi connectivity index (χ0v) is 10.0. The van der Waals surface area contributed by atoms with E-state index in [0.717, 1.165) is 6.42 Å². The molecule has 17 heavy (non-hydrogen) atoms. The molecule has 1 aliphatic heterocycles. The third-order valence-electron chi connectivity index (χ3n) is 4.05. The highest BCUT2D eigenvalue weighted by atomic mass is 16.4. The van der Waals surface area contributed by atoms with Crippen molar-refractivity contribution in [3.63, 3.8) is 0 Å². The molecule has 0 radical (unpaired) electrons. The lowest BCUT2D eigenvalue weighted by Crippen LogP contribution is -2.55. The minimum Gasteiger partial charge on any atom is -0.481 e. The van der Waals surface area contributed by atoms with E-state index >= 15 is 0 Å². The van der Waals surface area contributed by atoms with E-state index < -0.39 is 18.0 Å². The van der Waals surface area contributed by atoms with Crippen molar-refractivity contribution in [1.29, 1.82) is 0 Å². The Morgan fingerprint density at radius 3 is 2.29 bits per heavy atom. The minimum atomic E-state index is -0.861. The van der Waals surface area contributed by atoms with E-state index in [1.54, 1.807) is 4.90 Å².